The lowest BCUT2D eigenvalue weighted by molar-refractivity contribution is -0.122. The van der Waals surface area contributed by atoms with Crippen LogP contribution in [0.15, 0.2) is 24.3 Å². The van der Waals surface area contributed by atoms with Crippen LogP contribution in [0.4, 0.5) is 5.69 Å². The third-order valence-corrected chi connectivity index (χ3v) is 5.07. The van der Waals surface area contributed by atoms with Gasteiger partial charge in [-0.1, -0.05) is 18.6 Å². The molecule has 2 aliphatic carbocycles. The number of hydrogen-bond donors (Lipinski definition) is 2. The molecule has 2 atom stereocenters. The molecule has 0 aliphatic heterocycles. The average Bonchev–Trinajstić information content (AvgIpc) is 2.38. The molecule has 3 heteroatoms. The second kappa shape index (κ2) is 5.57. The molecule has 0 heterocycles. The molecule has 2 bridgehead atoms. The van der Waals surface area contributed by atoms with E-state index in [0.717, 1.165) is 18.5 Å². The molecule has 20 heavy (non-hydrogen) atoms. The predicted octanol–water partition coefficient (Wildman–Crippen LogP) is 3.09. The molecule has 0 aromatic heterocycles. The molecule has 1 amide bonds. The highest BCUT2D eigenvalue weighted by molar-refractivity contribution is 5.92. The number of carbonyl (C=O) groups excluding carboxylic acids is 1. The SMILES string of the molecule is Cc1cccc(NC(=O)C2CC3CCCC(C2)C3N)c1. The molecule has 3 nitrogen and oxygen atoms in total. The van der Waals surface area contributed by atoms with Gasteiger partial charge in [0.1, 0.15) is 0 Å². The van der Waals surface area contributed by atoms with Crippen molar-refractivity contribution in [3.8, 4) is 0 Å². The van der Waals surface area contributed by atoms with E-state index in [-0.39, 0.29) is 11.8 Å². The smallest absolute Gasteiger partial charge is 0.227 e. The maximum Gasteiger partial charge on any atom is 0.227 e. The molecule has 2 aliphatic rings. The van der Waals surface area contributed by atoms with E-state index in [1.807, 2.05) is 31.2 Å². The summed E-state index contributed by atoms with van der Waals surface area (Å²) >= 11 is 0. The normalized spacial score (nSPS) is 32.7. The minimum Gasteiger partial charge on any atom is -0.327 e. The van der Waals surface area contributed by atoms with Crippen molar-refractivity contribution >= 4 is 11.6 Å². The van der Waals surface area contributed by atoms with E-state index < -0.39 is 0 Å². The fraction of sp³-hybridized carbons (Fsp3) is 0.588. The topological polar surface area (TPSA) is 55.1 Å². The molecular formula is C17H24N2O. The van der Waals surface area contributed by atoms with Crippen molar-refractivity contribution < 1.29 is 4.79 Å². The zero-order valence-corrected chi connectivity index (χ0v) is 12.1. The zero-order chi connectivity index (χ0) is 14.1. The lowest BCUT2D eigenvalue weighted by Gasteiger charge is -2.43. The average molecular weight is 272 g/mol. The van der Waals surface area contributed by atoms with Crippen molar-refractivity contribution in [3.05, 3.63) is 29.8 Å². The van der Waals surface area contributed by atoms with Crippen LogP contribution in [0.25, 0.3) is 0 Å². The van der Waals surface area contributed by atoms with Gasteiger partial charge in [0.2, 0.25) is 5.91 Å². The number of rotatable bonds is 2. The van der Waals surface area contributed by atoms with Crippen LogP contribution in [-0.4, -0.2) is 11.9 Å². The summed E-state index contributed by atoms with van der Waals surface area (Å²) < 4.78 is 0. The Kier molecular flexibility index (Phi) is 3.79. The Bertz CT molecular complexity index is 486. The molecule has 108 valence electrons. The zero-order valence-electron chi connectivity index (χ0n) is 12.1. The summed E-state index contributed by atoms with van der Waals surface area (Å²) in [7, 11) is 0. The Morgan fingerprint density at radius 3 is 2.60 bits per heavy atom. The van der Waals surface area contributed by atoms with Gasteiger partial charge in [0, 0.05) is 17.6 Å². The van der Waals surface area contributed by atoms with Crippen LogP contribution in [0.5, 0.6) is 0 Å². The maximum absolute atomic E-state index is 12.5. The van der Waals surface area contributed by atoms with E-state index in [1.54, 1.807) is 0 Å². The van der Waals surface area contributed by atoms with E-state index in [0.29, 0.717) is 17.9 Å². The Hall–Kier alpha value is -1.35. The van der Waals surface area contributed by atoms with Gasteiger partial charge in [-0.05, 0) is 62.1 Å². The number of hydrogen-bond acceptors (Lipinski definition) is 2. The summed E-state index contributed by atoms with van der Waals surface area (Å²) in [6, 6.07) is 8.33. The number of benzene rings is 1. The first-order chi connectivity index (χ1) is 9.63. The highest BCUT2D eigenvalue weighted by Crippen LogP contribution is 2.42. The standard InChI is InChI=1S/C17H24N2O/c1-11-4-2-7-15(8-11)19-17(20)14-9-12-5-3-6-13(10-14)16(12)18/h2,4,7-8,12-14,16H,3,5-6,9-10,18H2,1H3,(H,19,20). The van der Waals surface area contributed by atoms with Crippen molar-refractivity contribution in [1.29, 1.82) is 0 Å². The first-order valence-corrected chi connectivity index (χ1v) is 7.76. The molecule has 2 fully saturated rings. The summed E-state index contributed by atoms with van der Waals surface area (Å²) in [6.07, 6.45) is 5.62. The lowest BCUT2D eigenvalue weighted by Crippen LogP contribution is -2.48. The van der Waals surface area contributed by atoms with Crippen LogP contribution in [0.1, 0.15) is 37.7 Å². The Labute approximate surface area is 120 Å². The molecule has 0 saturated heterocycles. The minimum absolute atomic E-state index is 0.144. The lowest BCUT2D eigenvalue weighted by atomic mass is 9.65. The monoisotopic (exact) mass is 272 g/mol. The Morgan fingerprint density at radius 1 is 1.25 bits per heavy atom. The quantitative estimate of drug-likeness (QED) is 0.869. The predicted molar refractivity (Wildman–Crippen MR) is 81.3 cm³/mol. The van der Waals surface area contributed by atoms with Gasteiger partial charge in [0.25, 0.3) is 0 Å². The van der Waals surface area contributed by atoms with Gasteiger partial charge in [0.15, 0.2) is 0 Å². The van der Waals surface area contributed by atoms with Crippen LogP contribution in [0, 0.1) is 24.7 Å². The van der Waals surface area contributed by atoms with Crippen LogP contribution < -0.4 is 11.1 Å². The molecule has 0 radical (unpaired) electrons. The van der Waals surface area contributed by atoms with Crippen molar-refractivity contribution in [2.45, 2.75) is 45.1 Å². The van der Waals surface area contributed by atoms with E-state index in [1.165, 1.54) is 24.8 Å². The van der Waals surface area contributed by atoms with Gasteiger partial charge in [-0.2, -0.15) is 0 Å². The summed E-state index contributed by atoms with van der Waals surface area (Å²) in [5, 5.41) is 3.08. The second-order valence-corrected chi connectivity index (χ2v) is 6.56. The van der Waals surface area contributed by atoms with E-state index in [4.69, 9.17) is 5.73 Å². The summed E-state index contributed by atoms with van der Waals surface area (Å²) in [5.41, 5.74) is 8.37. The highest BCUT2D eigenvalue weighted by atomic mass is 16.1. The molecular weight excluding hydrogens is 248 g/mol. The minimum atomic E-state index is 0.144. The van der Waals surface area contributed by atoms with Crippen LogP contribution >= 0.6 is 0 Å². The van der Waals surface area contributed by atoms with Gasteiger partial charge in [-0.3, -0.25) is 4.79 Å². The third-order valence-electron chi connectivity index (χ3n) is 5.07. The van der Waals surface area contributed by atoms with Crippen molar-refractivity contribution in [1.82, 2.24) is 0 Å². The molecule has 2 saturated carbocycles. The number of carbonyl (C=O) groups is 1. The van der Waals surface area contributed by atoms with Crippen LogP contribution in [0.2, 0.25) is 0 Å². The molecule has 1 aromatic rings. The maximum atomic E-state index is 12.5. The largest absolute Gasteiger partial charge is 0.327 e. The Morgan fingerprint density at radius 2 is 1.95 bits per heavy atom. The number of nitrogens with two attached hydrogens (primary N) is 1. The summed E-state index contributed by atoms with van der Waals surface area (Å²) in [6.45, 7) is 2.04. The summed E-state index contributed by atoms with van der Waals surface area (Å²) in [5.74, 6) is 1.43. The van der Waals surface area contributed by atoms with Gasteiger partial charge in [-0.25, -0.2) is 0 Å². The number of anilines is 1. The molecule has 3 rings (SSSR count). The van der Waals surface area contributed by atoms with Crippen molar-refractivity contribution in [3.63, 3.8) is 0 Å². The molecule has 2 unspecified atom stereocenters. The van der Waals surface area contributed by atoms with E-state index in [9.17, 15) is 4.79 Å². The van der Waals surface area contributed by atoms with Gasteiger partial charge >= 0.3 is 0 Å². The molecule has 0 spiro atoms. The van der Waals surface area contributed by atoms with Crippen molar-refractivity contribution in [2.24, 2.45) is 23.5 Å². The highest BCUT2D eigenvalue weighted by Gasteiger charge is 2.40. The van der Waals surface area contributed by atoms with Gasteiger partial charge in [0.05, 0.1) is 0 Å². The fourth-order valence-electron chi connectivity index (χ4n) is 3.97. The molecule has 3 N–H and O–H groups in total. The number of nitrogens with one attached hydrogen (secondary N) is 1. The van der Waals surface area contributed by atoms with E-state index >= 15 is 0 Å². The number of aryl methyl sites for hydroxylation is 1. The summed E-state index contributed by atoms with van der Waals surface area (Å²) in [4.78, 5) is 12.5. The van der Waals surface area contributed by atoms with Gasteiger partial charge < -0.3 is 11.1 Å². The number of amides is 1. The fourth-order valence-corrected chi connectivity index (χ4v) is 3.97. The second-order valence-electron chi connectivity index (χ2n) is 6.56. The first kappa shape index (κ1) is 13.6. The first-order valence-electron chi connectivity index (χ1n) is 7.76. The third kappa shape index (κ3) is 2.73. The van der Waals surface area contributed by atoms with Crippen LogP contribution in [-0.2, 0) is 4.79 Å². The molecule has 1 aromatic carbocycles. The Balaban J connectivity index is 1.66. The number of fused-ring (bicyclic) bond motifs is 2. The van der Waals surface area contributed by atoms with E-state index in [2.05, 4.69) is 5.32 Å². The van der Waals surface area contributed by atoms with Crippen molar-refractivity contribution in [2.75, 3.05) is 5.32 Å². The van der Waals surface area contributed by atoms with Gasteiger partial charge in [-0.15, -0.1) is 0 Å². The van der Waals surface area contributed by atoms with Crippen LogP contribution in [0.3, 0.4) is 0 Å².